The Bertz CT molecular complexity index is 1230. The van der Waals surface area contributed by atoms with E-state index in [1.165, 1.54) is 6.92 Å². The van der Waals surface area contributed by atoms with Gasteiger partial charge in [0, 0.05) is 18.2 Å². The monoisotopic (exact) mass is 465 g/mol. The molecule has 1 atom stereocenters. The summed E-state index contributed by atoms with van der Waals surface area (Å²) < 4.78 is 0. The summed E-state index contributed by atoms with van der Waals surface area (Å²) in [4.78, 5) is 39.9. The van der Waals surface area contributed by atoms with E-state index in [0.717, 1.165) is 34.1 Å². The summed E-state index contributed by atoms with van der Waals surface area (Å²) in [6.45, 7) is 9.23. The number of rotatable bonds is 7. The van der Waals surface area contributed by atoms with E-state index in [1.807, 2.05) is 39.8 Å². The molecular formula is C24H27N5O3S. The first kappa shape index (κ1) is 24.2. The SMILES string of the molecule is CC[C@H](Sc1nnc(-c2ccccc2NC(C)=O)c(=O)[nH]1)C(=O)Nc1c(C)cc(C)cc1C. The van der Waals surface area contributed by atoms with Gasteiger partial charge in [-0.2, -0.15) is 0 Å². The van der Waals surface area contributed by atoms with Gasteiger partial charge in [-0.3, -0.25) is 19.4 Å². The Kier molecular flexibility index (Phi) is 7.65. The van der Waals surface area contributed by atoms with Crippen LogP contribution in [-0.4, -0.2) is 32.2 Å². The van der Waals surface area contributed by atoms with E-state index >= 15 is 0 Å². The molecule has 2 amide bonds. The van der Waals surface area contributed by atoms with E-state index < -0.39 is 10.8 Å². The maximum absolute atomic E-state index is 12.9. The maximum atomic E-state index is 12.9. The molecule has 9 heteroatoms. The van der Waals surface area contributed by atoms with Gasteiger partial charge >= 0.3 is 0 Å². The highest BCUT2D eigenvalue weighted by Crippen LogP contribution is 2.27. The molecule has 8 nitrogen and oxygen atoms in total. The van der Waals surface area contributed by atoms with Gasteiger partial charge in [0.05, 0.1) is 10.9 Å². The van der Waals surface area contributed by atoms with E-state index in [1.54, 1.807) is 24.3 Å². The van der Waals surface area contributed by atoms with Crippen LogP contribution in [-0.2, 0) is 9.59 Å². The van der Waals surface area contributed by atoms with Crippen molar-refractivity contribution in [2.24, 2.45) is 0 Å². The zero-order valence-electron chi connectivity index (χ0n) is 19.3. The van der Waals surface area contributed by atoms with Crippen LogP contribution in [0.3, 0.4) is 0 Å². The minimum Gasteiger partial charge on any atom is -0.326 e. The number of carbonyl (C=O) groups is 2. The third-order valence-electron chi connectivity index (χ3n) is 5.01. The van der Waals surface area contributed by atoms with Crippen LogP contribution in [0.5, 0.6) is 0 Å². The minimum atomic E-state index is -0.465. The standard InChI is InChI=1S/C24H27N5O3S/c1-6-19(22(31)26-20-14(3)11-13(2)12-15(20)4)33-24-27-23(32)21(28-29-24)17-9-7-8-10-18(17)25-16(5)30/h7-12,19H,6H2,1-5H3,(H,25,30)(H,26,31)(H,27,29,32)/t19-/m0/s1. The van der Waals surface area contributed by atoms with Crippen molar-refractivity contribution in [2.45, 2.75) is 51.4 Å². The van der Waals surface area contributed by atoms with Crippen molar-refractivity contribution in [3.05, 3.63) is 63.4 Å². The van der Waals surface area contributed by atoms with Crippen LogP contribution in [0.25, 0.3) is 11.3 Å². The normalized spacial score (nSPS) is 11.7. The lowest BCUT2D eigenvalue weighted by Crippen LogP contribution is -2.26. The van der Waals surface area contributed by atoms with Crippen LogP contribution in [0.15, 0.2) is 46.3 Å². The quantitative estimate of drug-likeness (QED) is 0.450. The summed E-state index contributed by atoms with van der Waals surface area (Å²) >= 11 is 1.15. The number of aromatic amines is 1. The Labute approximate surface area is 196 Å². The number of thioether (sulfide) groups is 1. The number of aryl methyl sites for hydroxylation is 3. The fourth-order valence-corrected chi connectivity index (χ4v) is 4.42. The van der Waals surface area contributed by atoms with E-state index in [9.17, 15) is 14.4 Å². The number of hydrogen-bond acceptors (Lipinski definition) is 6. The molecule has 0 fully saturated rings. The summed E-state index contributed by atoms with van der Waals surface area (Å²) in [5, 5.41) is 13.7. The number of H-pyrrole nitrogens is 1. The molecular weight excluding hydrogens is 438 g/mol. The number of anilines is 2. The van der Waals surface area contributed by atoms with Crippen molar-refractivity contribution >= 4 is 35.0 Å². The average molecular weight is 466 g/mol. The molecule has 172 valence electrons. The second-order valence-corrected chi connectivity index (χ2v) is 9.00. The van der Waals surface area contributed by atoms with Gasteiger partial charge in [0.25, 0.3) is 5.56 Å². The lowest BCUT2D eigenvalue weighted by atomic mass is 10.0. The number of nitrogens with one attached hydrogen (secondary N) is 3. The summed E-state index contributed by atoms with van der Waals surface area (Å²) in [7, 11) is 0. The second-order valence-electron chi connectivity index (χ2n) is 7.81. The number of para-hydroxylation sites is 1. The van der Waals surface area contributed by atoms with Crippen LogP contribution < -0.4 is 16.2 Å². The first-order chi connectivity index (χ1) is 15.7. The van der Waals surface area contributed by atoms with Gasteiger partial charge in [-0.25, -0.2) is 0 Å². The van der Waals surface area contributed by atoms with Crippen LogP contribution in [0, 0.1) is 20.8 Å². The zero-order valence-corrected chi connectivity index (χ0v) is 20.1. The van der Waals surface area contributed by atoms with E-state index in [-0.39, 0.29) is 22.7 Å². The Morgan fingerprint density at radius 1 is 1.06 bits per heavy atom. The van der Waals surface area contributed by atoms with E-state index in [4.69, 9.17) is 0 Å². The van der Waals surface area contributed by atoms with E-state index in [0.29, 0.717) is 17.7 Å². The minimum absolute atomic E-state index is 0.0899. The number of hydrogen-bond donors (Lipinski definition) is 3. The molecule has 0 aliphatic rings. The predicted molar refractivity (Wildman–Crippen MR) is 132 cm³/mol. The Morgan fingerprint density at radius 2 is 1.73 bits per heavy atom. The highest BCUT2D eigenvalue weighted by atomic mass is 32.2. The molecule has 3 rings (SSSR count). The number of aromatic nitrogens is 3. The predicted octanol–water partition coefficient (Wildman–Crippen LogP) is 4.22. The highest BCUT2D eigenvalue weighted by molar-refractivity contribution is 8.00. The maximum Gasteiger partial charge on any atom is 0.278 e. The van der Waals surface area contributed by atoms with Crippen molar-refractivity contribution in [3.8, 4) is 11.3 Å². The molecule has 1 aromatic heterocycles. The first-order valence-electron chi connectivity index (χ1n) is 10.6. The van der Waals surface area contributed by atoms with Crippen LogP contribution >= 0.6 is 11.8 Å². The van der Waals surface area contributed by atoms with Crippen molar-refractivity contribution in [1.29, 1.82) is 0 Å². The number of carbonyl (C=O) groups excluding carboxylic acids is 2. The molecule has 3 aromatic rings. The molecule has 0 saturated carbocycles. The van der Waals surface area contributed by atoms with Crippen molar-refractivity contribution in [3.63, 3.8) is 0 Å². The van der Waals surface area contributed by atoms with Crippen LogP contribution in [0.4, 0.5) is 11.4 Å². The zero-order chi connectivity index (χ0) is 24.1. The topological polar surface area (TPSA) is 117 Å². The van der Waals surface area contributed by atoms with Gasteiger partial charge in [0.15, 0.2) is 10.9 Å². The highest BCUT2D eigenvalue weighted by Gasteiger charge is 2.22. The molecule has 0 saturated heterocycles. The third kappa shape index (κ3) is 5.87. The molecule has 3 N–H and O–H groups in total. The van der Waals surface area contributed by atoms with Crippen molar-refractivity contribution < 1.29 is 9.59 Å². The van der Waals surface area contributed by atoms with Gasteiger partial charge in [-0.15, -0.1) is 10.2 Å². The van der Waals surface area contributed by atoms with Gasteiger partial charge in [0.1, 0.15) is 0 Å². The van der Waals surface area contributed by atoms with Gasteiger partial charge in [-0.05, 0) is 44.4 Å². The lowest BCUT2D eigenvalue weighted by molar-refractivity contribution is -0.116. The fraction of sp³-hybridized carbons (Fsp3) is 0.292. The number of nitrogens with zero attached hydrogens (tertiary/aromatic N) is 2. The van der Waals surface area contributed by atoms with Gasteiger partial charge in [0.2, 0.25) is 11.8 Å². The Morgan fingerprint density at radius 3 is 2.33 bits per heavy atom. The van der Waals surface area contributed by atoms with Crippen molar-refractivity contribution in [1.82, 2.24) is 15.2 Å². The van der Waals surface area contributed by atoms with Crippen LogP contribution in [0.1, 0.15) is 37.0 Å². The summed E-state index contributed by atoms with van der Waals surface area (Å²) in [6, 6.07) is 10.9. The molecule has 0 spiro atoms. The second kappa shape index (κ2) is 10.4. The van der Waals surface area contributed by atoms with Crippen molar-refractivity contribution in [2.75, 3.05) is 10.6 Å². The van der Waals surface area contributed by atoms with E-state index in [2.05, 4.69) is 25.8 Å². The summed E-state index contributed by atoms with van der Waals surface area (Å²) in [5.41, 5.74) is 4.50. The molecule has 2 aromatic carbocycles. The third-order valence-corrected chi connectivity index (χ3v) is 6.25. The average Bonchev–Trinajstić information content (AvgIpc) is 2.74. The molecule has 0 unspecified atom stereocenters. The first-order valence-corrected chi connectivity index (χ1v) is 11.5. The molecule has 0 radical (unpaired) electrons. The summed E-state index contributed by atoms with van der Waals surface area (Å²) in [5.74, 6) is -0.421. The Balaban J connectivity index is 1.81. The van der Waals surface area contributed by atoms with Gasteiger partial charge in [-0.1, -0.05) is 54.6 Å². The molecule has 0 bridgehead atoms. The van der Waals surface area contributed by atoms with Crippen LogP contribution in [0.2, 0.25) is 0 Å². The summed E-state index contributed by atoms with van der Waals surface area (Å²) in [6.07, 6.45) is 0.539. The fourth-order valence-electron chi connectivity index (χ4n) is 3.58. The number of amides is 2. The van der Waals surface area contributed by atoms with Gasteiger partial charge < -0.3 is 10.6 Å². The Hall–Kier alpha value is -3.46. The largest absolute Gasteiger partial charge is 0.326 e. The number of benzene rings is 2. The lowest BCUT2D eigenvalue weighted by Gasteiger charge is -2.17. The molecule has 0 aliphatic carbocycles. The molecule has 0 aliphatic heterocycles. The smallest absolute Gasteiger partial charge is 0.278 e. The molecule has 33 heavy (non-hydrogen) atoms. The molecule has 1 heterocycles.